The SMILES string of the molecule is NCC1CCCC1Oc1cc(Br)c(F)cc1[N+](=O)[O-]. The molecule has 2 N–H and O–H groups in total. The third-order valence-electron chi connectivity index (χ3n) is 3.37. The van der Waals surface area contributed by atoms with Crippen molar-refractivity contribution in [2.45, 2.75) is 25.4 Å². The number of nitro groups is 1. The fraction of sp³-hybridized carbons (Fsp3) is 0.500. The number of nitrogens with zero attached hydrogens (tertiary/aromatic N) is 1. The molecule has 0 aromatic heterocycles. The van der Waals surface area contributed by atoms with Crippen LogP contribution in [0.3, 0.4) is 0 Å². The first kappa shape index (κ1) is 14.2. The summed E-state index contributed by atoms with van der Waals surface area (Å²) in [6, 6.07) is 2.17. The van der Waals surface area contributed by atoms with E-state index in [-0.39, 0.29) is 27.9 Å². The summed E-state index contributed by atoms with van der Waals surface area (Å²) in [5, 5.41) is 10.9. The van der Waals surface area contributed by atoms with Crippen LogP contribution in [0, 0.1) is 21.8 Å². The number of nitrogens with two attached hydrogens (primary N) is 1. The summed E-state index contributed by atoms with van der Waals surface area (Å²) < 4.78 is 19.2. The molecule has 19 heavy (non-hydrogen) atoms. The lowest BCUT2D eigenvalue weighted by Crippen LogP contribution is -2.27. The summed E-state index contributed by atoms with van der Waals surface area (Å²) in [6.45, 7) is 0.487. The molecule has 7 heteroatoms. The third kappa shape index (κ3) is 3.03. The fourth-order valence-electron chi connectivity index (χ4n) is 2.35. The van der Waals surface area contributed by atoms with Gasteiger partial charge in [-0.1, -0.05) is 0 Å². The molecule has 1 aliphatic rings. The van der Waals surface area contributed by atoms with Crippen molar-refractivity contribution in [3.8, 4) is 5.75 Å². The Bertz CT molecular complexity index is 498. The van der Waals surface area contributed by atoms with Crippen molar-refractivity contribution in [2.75, 3.05) is 6.54 Å². The lowest BCUT2D eigenvalue weighted by atomic mass is 10.1. The summed E-state index contributed by atoms with van der Waals surface area (Å²) in [6.07, 6.45) is 2.62. The first-order chi connectivity index (χ1) is 9.02. The fourth-order valence-corrected chi connectivity index (χ4v) is 2.67. The highest BCUT2D eigenvalue weighted by atomic mass is 79.9. The molecule has 5 nitrogen and oxygen atoms in total. The van der Waals surface area contributed by atoms with Gasteiger partial charge in [0.1, 0.15) is 11.9 Å². The first-order valence-electron chi connectivity index (χ1n) is 6.03. The Labute approximate surface area is 118 Å². The van der Waals surface area contributed by atoms with Gasteiger partial charge in [0.25, 0.3) is 0 Å². The van der Waals surface area contributed by atoms with Crippen LogP contribution in [0.4, 0.5) is 10.1 Å². The van der Waals surface area contributed by atoms with Crippen LogP contribution in [0.2, 0.25) is 0 Å². The lowest BCUT2D eigenvalue weighted by molar-refractivity contribution is -0.386. The molecule has 2 unspecified atom stereocenters. The van der Waals surface area contributed by atoms with Crippen LogP contribution in [-0.4, -0.2) is 17.6 Å². The van der Waals surface area contributed by atoms with E-state index in [1.165, 1.54) is 6.07 Å². The molecule has 2 atom stereocenters. The van der Waals surface area contributed by atoms with Crippen LogP contribution in [0.25, 0.3) is 0 Å². The Morgan fingerprint density at radius 3 is 2.89 bits per heavy atom. The molecule has 1 aliphatic carbocycles. The van der Waals surface area contributed by atoms with Gasteiger partial charge in [0, 0.05) is 12.0 Å². The maximum atomic E-state index is 13.3. The zero-order chi connectivity index (χ0) is 14.0. The van der Waals surface area contributed by atoms with Gasteiger partial charge < -0.3 is 10.5 Å². The smallest absolute Gasteiger partial charge is 0.313 e. The monoisotopic (exact) mass is 332 g/mol. The molecule has 1 saturated carbocycles. The number of halogens is 2. The van der Waals surface area contributed by atoms with E-state index in [4.69, 9.17) is 10.5 Å². The van der Waals surface area contributed by atoms with Crippen molar-refractivity contribution in [2.24, 2.45) is 11.7 Å². The number of rotatable bonds is 4. The predicted molar refractivity (Wildman–Crippen MR) is 71.6 cm³/mol. The van der Waals surface area contributed by atoms with E-state index in [1.54, 1.807) is 0 Å². The number of hydrogen-bond donors (Lipinski definition) is 1. The zero-order valence-corrected chi connectivity index (χ0v) is 11.7. The average Bonchev–Trinajstić information content (AvgIpc) is 2.80. The molecular weight excluding hydrogens is 319 g/mol. The van der Waals surface area contributed by atoms with E-state index >= 15 is 0 Å². The van der Waals surface area contributed by atoms with Gasteiger partial charge in [-0.3, -0.25) is 10.1 Å². The van der Waals surface area contributed by atoms with Crippen molar-refractivity contribution >= 4 is 21.6 Å². The second kappa shape index (κ2) is 5.83. The van der Waals surface area contributed by atoms with Gasteiger partial charge in [-0.25, -0.2) is 4.39 Å². The summed E-state index contributed by atoms with van der Waals surface area (Å²) >= 11 is 3.01. The van der Waals surface area contributed by atoms with E-state index < -0.39 is 10.7 Å². The van der Waals surface area contributed by atoms with Gasteiger partial charge in [0.15, 0.2) is 5.75 Å². The molecule has 1 aromatic rings. The predicted octanol–water partition coefficient (Wildman–Crippen LogP) is 3.00. The molecule has 0 bridgehead atoms. The van der Waals surface area contributed by atoms with Crippen LogP contribution >= 0.6 is 15.9 Å². The van der Waals surface area contributed by atoms with Crippen molar-refractivity contribution in [1.29, 1.82) is 0 Å². The minimum atomic E-state index is -0.680. The average molecular weight is 333 g/mol. The molecular formula is C12H14BrFN2O3. The zero-order valence-electron chi connectivity index (χ0n) is 10.1. The third-order valence-corrected chi connectivity index (χ3v) is 3.98. The summed E-state index contributed by atoms with van der Waals surface area (Å²) in [5.74, 6) is -0.395. The highest BCUT2D eigenvalue weighted by molar-refractivity contribution is 9.10. The Kier molecular flexibility index (Phi) is 4.36. The van der Waals surface area contributed by atoms with Gasteiger partial charge in [0.2, 0.25) is 0 Å². The normalized spacial score (nSPS) is 22.5. The van der Waals surface area contributed by atoms with Crippen molar-refractivity contribution < 1.29 is 14.1 Å². The van der Waals surface area contributed by atoms with Gasteiger partial charge in [0.05, 0.1) is 15.5 Å². The van der Waals surface area contributed by atoms with Gasteiger partial charge in [-0.05, 0) is 41.7 Å². The highest BCUT2D eigenvalue weighted by Gasteiger charge is 2.30. The Balaban J connectivity index is 2.28. The van der Waals surface area contributed by atoms with Crippen molar-refractivity contribution in [1.82, 2.24) is 0 Å². The van der Waals surface area contributed by atoms with Gasteiger partial charge >= 0.3 is 5.69 Å². The summed E-state index contributed by atoms with van der Waals surface area (Å²) in [4.78, 5) is 10.3. The lowest BCUT2D eigenvalue weighted by Gasteiger charge is -2.19. The number of benzene rings is 1. The Hall–Kier alpha value is -1.21. The molecule has 0 aliphatic heterocycles. The minimum absolute atomic E-state index is 0.0867. The summed E-state index contributed by atoms with van der Waals surface area (Å²) in [5.41, 5.74) is 5.29. The van der Waals surface area contributed by atoms with Crippen molar-refractivity contribution in [3.05, 3.63) is 32.5 Å². The molecule has 1 aromatic carbocycles. The molecule has 0 saturated heterocycles. The Morgan fingerprint density at radius 1 is 1.53 bits per heavy atom. The van der Waals surface area contributed by atoms with E-state index in [0.717, 1.165) is 25.3 Å². The van der Waals surface area contributed by atoms with Gasteiger partial charge in [-0.15, -0.1) is 0 Å². The molecule has 0 radical (unpaired) electrons. The van der Waals surface area contributed by atoms with E-state index in [0.29, 0.717) is 6.54 Å². The van der Waals surface area contributed by atoms with Gasteiger partial charge in [-0.2, -0.15) is 0 Å². The Morgan fingerprint density at radius 2 is 2.26 bits per heavy atom. The van der Waals surface area contributed by atoms with Crippen LogP contribution < -0.4 is 10.5 Å². The largest absolute Gasteiger partial charge is 0.483 e. The molecule has 0 heterocycles. The molecule has 1 fully saturated rings. The first-order valence-corrected chi connectivity index (χ1v) is 6.82. The molecule has 0 amide bonds. The standard InChI is InChI=1S/C12H14BrFN2O3/c13-8-4-12(10(16(17)18)5-9(8)14)19-11-3-1-2-7(11)6-15/h4-5,7,11H,1-3,6,15H2. The summed E-state index contributed by atoms with van der Waals surface area (Å²) in [7, 11) is 0. The van der Waals surface area contributed by atoms with Crippen LogP contribution in [0.5, 0.6) is 5.75 Å². The molecule has 0 spiro atoms. The molecule has 2 rings (SSSR count). The highest BCUT2D eigenvalue weighted by Crippen LogP contribution is 2.36. The van der Waals surface area contributed by atoms with E-state index in [1.807, 2.05) is 0 Å². The minimum Gasteiger partial charge on any atom is -0.483 e. The van der Waals surface area contributed by atoms with E-state index in [9.17, 15) is 14.5 Å². The quantitative estimate of drug-likeness (QED) is 0.679. The number of ether oxygens (including phenoxy) is 1. The van der Waals surface area contributed by atoms with Crippen LogP contribution in [0.15, 0.2) is 16.6 Å². The van der Waals surface area contributed by atoms with Crippen LogP contribution in [-0.2, 0) is 0 Å². The maximum absolute atomic E-state index is 13.3. The number of nitro benzene ring substituents is 1. The second-order valence-corrected chi connectivity index (χ2v) is 5.43. The number of hydrogen-bond acceptors (Lipinski definition) is 4. The molecule has 104 valence electrons. The van der Waals surface area contributed by atoms with Crippen molar-refractivity contribution in [3.63, 3.8) is 0 Å². The topological polar surface area (TPSA) is 78.4 Å². The maximum Gasteiger partial charge on any atom is 0.313 e. The van der Waals surface area contributed by atoms with Crippen LogP contribution in [0.1, 0.15) is 19.3 Å². The van der Waals surface area contributed by atoms with E-state index in [2.05, 4.69) is 15.9 Å². The second-order valence-electron chi connectivity index (χ2n) is 4.57.